The number of amides is 1. The van der Waals surface area contributed by atoms with Crippen molar-refractivity contribution >= 4 is 5.91 Å². The first-order valence-electron chi connectivity index (χ1n) is 7.49. The molecule has 0 saturated carbocycles. The number of methoxy groups -OCH3 is 1. The van der Waals surface area contributed by atoms with Crippen molar-refractivity contribution in [3.8, 4) is 0 Å². The second-order valence-electron chi connectivity index (χ2n) is 5.69. The molecule has 2 rings (SSSR count). The Balaban J connectivity index is 1.74. The van der Waals surface area contributed by atoms with Crippen molar-refractivity contribution in [1.82, 2.24) is 9.80 Å². The molecule has 0 radical (unpaired) electrons. The van der Waals surface area contributed by atoms with Gasteiger partial charge in [0.1, 0.15) is 0 Å². The molecule has 2 fully saturated rings. The van der Waals surface area contributed by atoms with Gasteiger partial charge in [-0.2, -0.15) is 0 Å². The molecule has 2 aliphatic heterocycles. The number of nitrogens with two attached hydrogens (primary N) is 1. The van der Waals surface area contributed by atoms with E-state index in [-0.39, 0.29) is 5.91 Å². The van der Waals surface area contributed by atoms with Gasteiger partial charge < -0.3 is 20.3 Å². The zero-order valence-electron chi connectivity index (χ0n) is 12.0. The second kappa shape index (κ2) is 7.22. The van der Waals surface area contributed by atoms with E-state index in [1.165, 1.54) is 25.9 Å². The maximum atomic E-state index is 12.2. The number of nitrogens with zero attached hydrogens (tertiary/aromatic N) is 2. The summed E-state index contributed by atoms with van der Waals surface area (Å²) in [5.74, 6) is 0.0944. The molecular weight excluding hydrogens is 242 g/mol. The lowest BCUT2D eigenvalue weighted by atomic mass is 10.0. The molecule has 5 heteroatoms. The number of rotatable bonds is 5. The van der Waals surface area contributed by atoms with Crippen molar-refractivity contribution < 1.29 is 9.53 Å². The van der Waals surface area contributed by atoms with Gasteiger partial charge in [0, 0.05) is 32.8 Å². The van der Waals surface area contributed by atoms with Crippen molar-refractivity contribution in [2.45, 2.75) is 44.2 Å². The molecule has 1 amide bonds. The molecule has 110 valence electrons. The summed E-state index contributed by atoms with van der Waals surface area (Å²) in [5.41, 5.74) is 5.91. The van der Waals surface area contributed by atoms with Crippen LogP contribution < -0.4 is 5.73 Å². The number of hydrogen-bond acceptors (Lipinski definition) is 4. The van der Waals surface area contributed by atoms with E-state index in [9.17, 15) is 4.79 Å². The predicted molar refractivity (Wildman–Crippen MR) is 74.9 cm³/mol. The molecule has 5 nitrogen and oxygen atoms in total. The molecule has 0 bridgehead atoms. The Morgan fingerprint density at radius 1 is 1.26 bits per heavy atom. The summed E-state index contributed by atoms with van der Waals surface area (Å²) in [6.07, 6.45) is 5.48. The molecule has 0 aromatic heterocycles. The van der Waals surface area contributed by atoms with Crippen LogP contribution in [-0.2, 0) is 9.53 Å². The molecule has 2 heterocycles. The summed E-state index contributed by atoms with van der Waals surface area (Å²) in [6.45, 7) is 4.76. The van der Waals surface area contributed by atoms with Crippen LogP contribution in [0.1, 0.15) is 32.1 Å². The molecular formula is C14H27N3O2. The first-order valence-corrected chi connectivity index (χ1v) is 7.49. The Morgan fingerprint density at radius 3 is 2.47 bits per heavy atom. The molecule has 19 heavy (non-hydrogen) atoms. The van der Waals surface area contributed by atoms with Gasteiger partial charge in [0.2, 0.25) is 5.91 Å². The van der Waals surface area contributed by atoms with E-state index in [1.807, 2.05) is 4.90 Å². The zero-order chi connectivity index (χ0) is 13.7. The van der Waals surface area contributed by atoms with Gasteiger partial charge in [-0.1, -0.05) is 0 Å². The largest absolute Gasteiger partial charge is 0.385 e. The summed E-state index contributed by atoms with van der Waals surface area (Å²) in [5, 5.41) is 0. The number of piperidine rings is 1. The Kier molecular flexibility index (Phi) is 5.60. The van der Waals surface area contributed by atoms with Gasteiger partial charge in [-0.15, -0.1) is 0 Å². The highest BCUT2D eigenvalue weighted by Crippen LogP contribution is 2.21. The minimum atomic E-state index is -0.400. The van der Waals surface area contributed by atoms with Crippen LogP contribution in [0.3, 0.4) is 0 Å². The third kappa shape index (κ3) is 3.91. The van der Waals surface area contributed by atoms with Crippen molar-refractivity contribution in [2.75, 3.05) is 39.9 Å². The van der Waals surface area contributed by atoms with Crippen LogP contribution >= 0.6 is 0 Å². The van der Waals surface area contributed by atoms with Crippen LogP contribution in [0.5, 0.6) is 0 Å². The molecule has 0 spiro atoms. The average Bonchev–Trinajstić information content (AvgIpc) is 2.98. The van der Waals surface area contributed by atoms with Crippen LogP contribution in [0.4, 0.5) is 0 Å². The molecule has 0 aromatic rings. The fourth-order valence-electron chi connectivity index (χ4n) is 3.16. The van der Waals surface area contributed by atoms with Crippen molar-refractivity contribution in [2.24, 2.45) is 5.73 Å². The lowest BCUT2D eigenvalue weighted by Gasteiger charge is -2.37. The minimum Gasteiger partial charge on any atom is -0.385 e. The van der Waals surface area contributed by atoms with Gasteiger partial charge in [-0.05, 0) is 45.2 Å². The first-order chi connectivity index (χ1) is 9.22. The van der Waals surface area contributed by atoms with E-state index in [0.29, 0.717) is 19.1 Å². The SMILES string of the molecule is COCCC(N)C(=O)N1CCC(N2CCCC2)CC1. The van der Waals surface area contributed by atoms with Crippen molar-refractivity contribution in [3.05, 3.63) is 0 Å². The Morgan fingerprint density at radius 2 is 1.89 bits per heavy atom. The molecule has 2 N–H and O–H groups in total. The Bertz CT molecular complexity index is 284. The number of ether oxygens (including phenoxy) is 1. The van der Waals surface area contributed by atoms with E-state index >= 15 is 0 Å². The summed E-state index contributed by atoms with van der Waals surface area (Å²) in [4.78, 5) is 16.7. The molecule has 0 aromatic carbocycles. The number of carbonyl (C=O) groups is 1. The summed E-state index contributed by atoms with van der Waals surface area (Å²) < 4.78 is 4.98. The van der Waals surface area contributed by atoms with E-state index in [4.69, 9.17) is 10.5 Å². The third-order valence-corrected chi connectivity index (χ3v) is 4.38. The lowest BCUT2D eigenvalue weighted by molar-refractivity contribution is -0.134. The van der Waals surface area contributed by atoms with E-state index < -0.39 is 6.04 Å². The normalized spacial score (nSPS) is 23.8. The quantitative estimate of drug-likeness (QED) is 0.786. The topological polar surface area (TPSA) is 58.8 Å². The van der Waals surface area contributed by atoms with Gasteiger partial charge in [-0.25, -0.2) is 0 Å². The molecule has 1 unspecified atom stereocenters. The Hall–Kier alpha value is -0.650. The number of likely N-dealkylation sites (tertiary alicyclic amines) is 2. The van der Waals surface area contributed by atoms with Crippen LogP contribution in [0, 0.1) is 0 Å². The van der Waals surface area contributed by atoms with Crippen molar-refractivity contribution in [3.63, 3.8) is 0 Å². The maximum absolute atomic E-state index is 12.2. The van der Waals surface area contributed by atoms with Crippen LogP contribution in [0.15, 0.2) is 0 Å². The van der Waals surface area contributed by atoms with Gasteiger partial charge in [-0.3, -0.25) is 4.79 Å². The van der Waals surface area contributed by atoms with E-state index in [0.717, 1.165) is 25.9 Å². The summed E-state index contributed by atoms with van der Waals surface area (Å²) in [7, 11) is 1.64. The minimum absolute atomic E-state index is 0.0944. The van der Waals surface area contributed by atoms with Crippen LogP contribution in [0.25, 0.3) is 0 Å². The standard InChI is InChI=1S/C14H27N3O2/c1-19-11-6-13(15)14(18)17-9-4-12(5-10-17)16-7-2-3-8-16/h12-13H,2-11,15H2,1H3. The second-order valence-corrected chi connectivity index (χ2v) is 5.69. The molecule has 2 aliphatic rings. The van der Waals surface area contributed by atoms with E-state index in [1.54, 1.807) is 7.11 Å². The molecule has 0 aliphatic carbocycles. The summed E-state index contributed by atoms with van der Waals surface area (Å²) >= 11 is 0. The van der Waals surface area contributed by atoms with Gasteiger partial charge in [0.05, 0.1) is 6.04 Å². The zero-order valence-corrected chi connectivity index (χ0v) is 12.0. The highest BCUT2D eigenvalue weighted by Gasteiger charge is 2.29. The Labute approximate surface area is 116 Å². The third-order valence-electron chi connectivity index (χ3n) is 4.38. The molecule has 1 atom stereocenters. The first kappa shape index (κ1) is 14.8. The highest BCUT2D eigenvalue weighted by atomic mass is 16.5. The van der Waals surface area contributed by atoms with E-state index in [2.05, 4.69) is 4.90 Å². The van der Waals surface area contributed by atoms with Crippen LogP contribution in [-0.4, -0.2) is 67.7 Å². The van der Waals surface area contributed by atoms with Crippen molar-refractivity contribution in [1.29, 1.82) is 0 Å². The molecule has 2 saturated heterocycles. The summed E-state index contributed by atoms with van der Waals surface area (Å²) in [6, 6.07) is 0.282. The van der Waals surface area contributed by atoms with Gasteiger partial charge in [0.25, 0.3) is 0 Å². The van der Waals surface area contributed by atoms with Crippen LogP contribution in [0.2, 0.25) is 0 Å². The highest BCUT2D eigenvalue weighted by molar-refractivity contribution is 5.81. The smallest absolute Gasteiger partial charge is 0.239 e. The fourth-order valence-corrected chi connectivity index (χ4v) is 3.16. The number of hydrogen-bond donors (Lipinski definition) is 1. The lowest BCUT2D eigenvalue weighted by Crippen LogP contribution is -2.50. The monoisotopic (exact) mass is 269 g/mol. The van der Waals surface area contributed by atoms with Gasteiger partial charge >= 0.3 is 0 Å². The fraction of sp³-hybridized carbons (Fsp3) is 0.929. The number of carbonyl (C=O) groups excluding carboxylic acids is 1. The maximum Gasteiger partial charge on any atom is 0.239 e. The van der Waals surface area contributed by atoms with Gasteiger partial charge in [0.15, 0.2) is 0 Å². The predicted octanol–water partition coefficient (Wildman–Crippen LogP) is 0.437. The average molecular weight is 269 g/mol.